The van der Waals surface area contributed by atoms with Crippen LogP contribution in [-0.2, 0) is 16.1 Å². The summed E-state index contributed by atoms with van der Waals surface area (Å²) in [4.78, 5) is 26.9. The summed E-state index contributed by atoms with van der Waals surface area (Å²) in [5, 5.41) is 4.39. The molecule has 198 valence electrons. The molecule has 0 spiro atoms. The number of piperazine rings is 1. The molecule has 0 radical (unpaired) electrons. The number of hydrogen-bond donors (Lipinski definition) is 1. The number of esters is 1. The lowest BCUT2D eigenvalue weighted by Crippen LogP contribution is -2.47. The first-order valence-corrected chi connectivity index (χ1v) is 12.5. The quantitative estimate of drug-likeness (QED) is 0.354. The number of cyclic esters (lactones) is 1. The van der Waals surface area contributed by atoms with Crippen molar-refractivity contribution in [2.45, 2.75) is 13.0 Å². The number of carbonyl (C=O) groups excluding carboxylic acids is 2. The minimum absolute atomic E-state index is 0.0387. The highest BCUT2D eigenvalue weighted by molar-refractivity contribution is 6.14. The van der Waals surface area contributed by atoms with Crippen molar-refractivity contribution in [2.24, 2.45) is 0 Å². The number of carbonyl (C=O) groups is 2. The van der Waals surface area contributed by atoms with Crippen molar-refractivity contribution in [2.75, 3.05) is 53.8 Å². The van der Waals surface area contributed by atoms with Gasteiger partial charge in [0.25, 0.3) is 0 Å². The molecule has 0 bridgehead atoms. The number of fused-ring (bicyclic) bond motifs is 3. The molecule has 3 aliphatic heterocycles. The lowest BCUT2D eigenvalue weighted by Gasteiger charge is -2.26. The molecule has 10 heteroatoms. The molecule has 0 aliphatic carbocycles. The molecular formula is C28H28N2O8. The van der Waals surface area contributed by atoms with Gasteiger partial charge in [-0.05, 0) is 41.6 Å². The van der Waals surface area contributed by atoms with Crippen molar-refractivity contribution in [3.8, 4) is 39.9 Å². The number of amides is 1. The third-order valence-electron chi connectivity index (χ3n) is 7.06. The van der Waals surface area contributed by atoms with Gasteiger partial charge in [-0.1, -0.05) is 6.07 Å². The Morgan fingerprint density at radius 3 is 2.53 bits per heavy atom. The largest absolute Gasteiger partial charge is 0.493 e. The molecule has 0 saturated carbocycles. The average molecular weight is 521 g/mol. The van der Waals surface area contributed by atoms with Crippen molar-refractivity contribution >= 4 is 22.6 Å². The van der Waals surface area contributed by atoms with E-state index < -0.39 is 5.97 Å². The van der Waals surface area contributed by atoms with Gasteiger partial charge in [0.1, 0.15) is 12.4 Å². The summed E-state index contributed by atoms with van der Waals surface area (Å²) in [5.74, 6) is 2.56. The van der Waals surface area contributed by atoms with Gasteiger partial charge in [0.15, 0.2) is 23.0 Å². The van der Waals surface area contributed by atoms with Crippen molar-refractivity contribution in [1.82, 2.24) is 10.2 Å². The number of nitrogens with zero attached hydrogens (tertiary/aromatic N) is 1. The molecule has 1 N–H and O–H groups in total. The maximum Gasteiger partial charge on any atom is 0.339 e. The van der Waals surface area contributed by atoms with E-state index in [9.17, 15) is 9.59 Å². The number of nitrogens with one attached hydrogen (secondary N) is 1. The molecular weight excluding hydrogens is 492 g/mol. The van der Waals surface area contributed by atoms with Gasteiger partial charge >= 0.3 is 5.97 Å². The van der Waals surface area contributed by atoms with Crippen LogP contribution < -0.4 is 29.0 Å². The molecule has 3 heterocycles. The Morgan fingerprint density at radius 1 is 0.947 bits per heavy atom. The molecule has 1 saturated heterocycles. The second-order valence-electron chi connectivity index (χ2n) is 9.28. The first-order valence-electron chi connectivity index (χ1n) is 12.5. The van der Waals surface area contributed by atoms with Crippen molar-refractivity contribution in [1.29, 1.82) is 0 Å². The van der Waals surface area contributed by atoms with E-state index in [0.29, 0.717) is 65.1 Å². The van der Waals surface area contributed by atoms with E-state index in [1.165, 1.54) is 0 Å². The van der Waals surface area contributed by atoms with Gasteiger partial charge in [-0.25, -0.2) is 4.79 Å². The maximum absolute atomic E-state index is 13.1. The minimum atomic E-state index is -0.409. The van der Waals surface area contributed by atoms with E-state index in [1.54, 1.807) is 14.2 Å². The average Bonchev–Trinajstić information content (AvgIpc) is 3.56. The summed E-state index contributed by atoms with van der Waals surface area (Å²) in [6.45, 7) is 3.26. The van der Waals surface area contributed by atoms with Gasteiger partial charge in [-0.2, -0.15) is 0 Å². The van der Waals surface area contributed by atoms with Crippen LogP contribution in [0.5, 0.6) is 28.7 Å². The standard InChI is InChI=1S/C28H28N2O8/c1-33-21-11-17-18(12-22(21)34-2)27(35-9-3-7-30-8-6-29-24(31)13-30)19-14-36-28(32)26(19)25(17)16-4-5-20-23(10-16)38-15-37-20/h4-5,10-12H,3,6-9,13-15H2,1-2H3,(H,29,31). The number of benzene rings is 3. The lowest BCUT2D eigenvalue weighted by atomic mass is 9.89. The number of methoxy groups -OCH3 is 2. The molecule has 3 aliphatic rings. The van der Waals surface area contributed by atoms with E-state index in [2.05, 4.69) is 10.2 Å². The Bertz CT molecular complexity index is 1440. The molecule has 0 atom stereocenters. The fourth-order valence-electron chi connectivity index (χ4n) is 5.27. The first kappa shape index (κ1) is 24.2. The molecule has 1 fully saturated rings. The number of rotatable bonds is 8. The van der Waals surface area contributed by atoms with Crippen LogP contribution in [0.1, 0.15) is 22.3 Å². The van der Waals surface area contributed by atoms with Crippen LogP contribution in [-0.4, -0.2) is 70.6 Å². The molecule has 0 unspecified atom stereocenters. The van der Waals surface area contributed by atoms with E-state index in [1.807, 2.05) is 30.3 Å². The van der Waals surface area contributed by atoms with Crippen LogP contribution in [0.2, 0.25) is 0 Å². The second kappa shape index (κ2) is 9.94. The molecule has 0 aromatic heterocycles. The normalized spacial score (nSPS) is 16.3. The van der Waals surface area contributed by atoms with Gasteiger partial charge in [-0.3, -0.25) is 9.69 Å². The van der Waals surface area contributed by atoms with E-state index in [0.717, 1.165) is 35.8 Å². The molecule has 1 amide bonds. The monoisotopic (exact) mass is 520 g/mol. The Morgan fingerprint density at radius 2 is 1.74 bits per heavy atom. The molecule has 3 aromatic carbocycles. The predicted octanol–water partition coefficient (Wildman–Crippen LogP) is 3.12. The highest BCUT2D eigenvalue weighted by Gasteiger charge is 2.33. The topological polar surface area (TPSA) is 105 Å². The second-order valence-corrected chi connectivity index (χ2v) is 9.28. The zero-order valence-electron chi connectivity index (χ0n) is 21.3. The molecule has 38 heavy (non-hydrogen) atoms. The van der Waals surface area contributed by atoms with E-state index >= 15 is 0 Å². The maximum atomic E-state index is 13.1. The minimum Gasteiger partial charge on any atom is -0.493 e. The highest BCUT2D eigenvalue weighted by Crippen LogP contribution is 2.49. The number of hydrogen-bond acceptors (Lipinski definition) is 9. The zero-order valence-corrected chi connectivity index (χ0v) is 21.3. The van der Waals surface area contributed by atoms with Gasteiger partial charge in [0, 0.05) is 36.1 Å². The van der Waals surface area contributed by atoms with Crippen molar-refractivity contribution in [3.63, 3.8) is 0 Å². The first-order chi connectivity index (χ1) is 18.6. The predicted molar refractivity (Wildman–Crippen MR) is 137 cm³/mol. The van der Waals surface area contributed by atoms with Gasteiger partial charge in [0.05, 0.1) is 32.9 Å². The van der Waals surface area contributed by atoms with E-state index in [4.69, 9.17) is 28.4 Å². The summed E-state index contributed by atoms with van der Waals surface area (Å²) in [6.07, 6.45) is 0.718. The fourth-order valence-corrected chi connectivity index (χ4v) is 5.27. The summed E-state index contributed by atoms with van der Waals surface area (Å²) >= 11 is 0. The van der Waals surface area contributed by atoms with Crippen LogP contribution in [0, 0.1) is 0 Å². The van der Waals surface area contributed by atoms with Crippen LogP contribution in [0.15, 0.2) is 30.3 Å². The van der Waals surface area contributed by atoms with Gasteiger partial charge in [0.2, 0.25) is 12.7 Å². The van der Waals surface area contributed by atoms with Gasteiger partial charge in [-0.15, -0.1) is 0 Å². The molecule has 10 nitrogen and oxygen atoms in total. The number of ether oxygens (including phenoxy) is 6. The summed E-state index contributed by atoms with van der Waals surface area (Å²) < 4.78 is 34.2. The SMILES string of the molecule is COc1cc2c(OCCCN3CCNC(=O)C3)c3c(c(-c4ccc5c(c4)OCO5)c2cc1OC)C(=O)OC3. The van der Waals surface area contributed by atoms with Crippen molar-refractivity contribution < 1.29 is 38.0 Å². The van der Waals surface area contributed by atoms with Crippen LogP contribution in [0.4, 0.5) is 0 Å². The Kier molecular flexibility index (Phi) is 6.32. The molecule has 6 rings (SSSR count). The van der Waals surface area contributed by atoms with Crippen LogP contribution in [0.3, 0.4) is 0 Å². The summed E-state index contributed by atoms with van der Waals surface area (Å²) in [6, 6.07) is 9.34. The Labute approximate surface area is 219 Å². The smallest absolute Gasteiger partial charge is 0.339 e. The van der Waals surface area contributed by atoms with Crippen LogP contribution >= 0.6 is 0 Å². The summed E-state index contributed by atoms with van der Waals surface area (Å²) in [7, 11) is 3.15. The third-order valence-corrected chi connectivity index (χ3v) is 7.06. The van der Waals surface area contributed by atoms with E-state index in [-0.39, 0.29) is 19.3 Å². The van der Waals surface area contributed by atoms with Crippen molar-refractivity contribution in [3.05, 3.63) is 41.5 Å². The van der Waals surface area contributed by atoms with Gasteiger partial charge < -0.3 is 33.7 Å². The fraction of sp³-hybridized carbons (Fsp3) is 0.357. The highest BCUT2D eigenvalue weighted by atomic mass is 16.7. The summed E-state index contributed by atoms with van der Waals surface area (Å²) in [5.41, 5.74) is 2.66. The lowest BCUT2D eigenvalue weighted by molar-refractivity contribution is -0.124. The zero-order chi connectivity index (χ0) is 26.2. The Hall–Kier alpha value is -4.18. The van der Waals surface area contributed by atoms with Crippen LogP contribution in [0.25, 0.3) is 21.9 Å². The third kappa shape index (κ3) is 4.20. The Balaban J connectivity index is 1.43. The molecule has 3 aromatic rings.